The second-order valence-corrected chi connectivity index (χ2v) is 8.86. The molecular formula is C29H27N3. The lowest BCUT2D eigenvalue weighted by molar-refractivity contribution is 0.516. The number of nitrogens with zero attached hydrogens (tertiary/aromatic N) is 2. The highest BCUT2D eigenvalue weighted by Gasteiger charge is 2.27. The van der Waals surface area contributed by atoms with E-state index in [1.54, 1.807) is 0 Å². The molecule has 0 amide bonds. The molecule has 158 valence electrons. The molecule has 3 nitrogen and oxygen atoms in total. The summed E-state index contributed by atoms with van der Waals surface area (Å²) in [6.45, 7) is 8.99. The molecule has 0 aliphatic rings. The van der Waals surface area contributed by atoms with Crippen LogP contribution in [0.4, 0.5) is 0 Å². The van der Waals surface area contributed by atoms with Crippen LogP contribution < -0.4 is 0 Å². The van der Waals surface area contributed by atoms with Crippen molar-refractivity contribution in [3.8, 4) is 0 Å². The van der Waals surface area contributed by atoms with Gasteiger partial charge in [0.2, 0.25) is 0 Å². The molecular weight excluding hydrogens is 390 g/mol. The normalized spacial score (nSPS) is 12.0. The van der Waals surface area contributed by atoms with E-state index >= 15 is 0 Å². The molecule has 6 rings (SSSR count). The van der Waals surface area contributed by atoms with Gasteiger partial charge in [-0.25, -0.2) is 0 Å². The van der Waals surface area contributed by atoms with Gasteiger partial charge in [-0.05, 0) is 57.0 Å². The van der Waals surface area contributed by atoms with Crippen molar-refractivity contribution >= 4 is 32.7 Å². The van der Waals surface area contributed by atoms with E-state index in [-0.39, 0.29) is 6.17 Å². The topological polar surface area (TPSA) is 25.6 Å². The molecule has 6 aromatic rings. The van der Waals surface area contributed by atoms with Crippen LogP contribution in [0.2, 0.25) is 0 Å². The SMILES string of the molecule is Cc1c(C)n(C(c2c[nH]c3ccccc23)n2c(C)c(C)c3ccccc32)c2ccccc12. The van der Waals surface area contributed by atoms with Crippen LogP contribution in [0.1, 0.15) is 34.2 Å². The second-order valence-electron chi connectivity index (χ2n) is 8.86. The summed E-state index contributed by atoms with van der Waals surface area (Å²) >= 11 is 0. The third kappa shape index (κ3) is 2.48. The average molecular weight is 418 g/mol. The predicted octanol–water partition coefficient (Wildman–Crippen LogP) is 7.41. The van der Waals surface area contributed by atoms with Gasteiger partial charge in [-0.1, -0.05) is 54.6 Å². The zero-order chi connectivity index (χ0) is 22.0. The molecule has 0 radical (unpaired) electrons. The highest BCUT2D eigenvalue weighted by atomic mass is 15.2. The summed E-state index contributed by atoms with van der Waals surface area (Å²) in [4.78, 5) is 3.53. The fourth-order valence-electron chi connectivity index (χ4n) is 5.45. The second kappa shape index (κ2) is 6.89. The summed E-state index contributed by atoms with van der Waals surface area (Å²) in [6.07, 6.45) is 2.20. The first-order valence-corrected chi connectivity index (χ1v) is 11.3. The van der Waals surface area contributed by atoms with Crippen molar-refractivity contribution in [1.29, 1.82) is 0 Å². The first kappa shape index (κ1) is 19.0. The van der Waals surface area contributed by atoms with E-state index in [0.717, 1.165) is 0 Å². The van der Waals surface area contributed by atoms with Crippen molar-refractivity contribution in [2.24, 2.45) is 0 Å². The van der Waals surface area contributed by atoms with Crippen molar-refractivity contribution in [2.75, 3.05) is 0 Å². The maximum Gasteiger partial charge on any atom is 0.138 e. The third-order valence-electron chi connectivity index (χ3n) is 7.33. The number of hydrogen-bond acceptors (Lipinski definition) is 0. The number of rotatable bonds is 3. The lowest BCUT2D eigenvalue weighted by Crippen LogP contribution is -2.21. The molecule has 0 aliphatic heterocycles. The first-order chi connectivity index (χ1) is 15.6. The average Bonchev–Trinajstić information content (AvgIpc) is 3.44. The van der Waals surface area contributed by atoms with Crippen LogP contribution in [0, 0.1) is 27.7 Å². The molecule has 0 saturated heterocycles. The molecule has 0 aliphatic carbocycles. The number of hydrogen-bond donors (Lipinski definition) is 1. The summed E-state index contributed by atoms with van der Waals surface area (Å²) in [5.41, 5.74) is 10.3. The minimum atomic E-state index is 0.00310. The van der Waals surface area contributed by atoms with E-state index < -0.39 is 0 Å². The zero-order valence-corrected chi connectivity index (χ0v) is 19.0. The Labute approximate surface area is 187 Å². The Morgan fingerprint density at radius 3 is 1.62 bits per heavy atom. The molecule has 0 unspecified atom stereocenters. The van der Waals surface area contributed by atoms with Crippen LogP contribution in [-0.4, -0.2) is 14.1 Å². The molecule has 0 fully saturated rings. The number of aryl methyl sites for hydroxylation is 2. The van der Waals surface area contributed by atoms with Gasteiger partial charge < -0.3 is 14.1 Å². The smallest absolute Gasteiger partial charge is 0.138 e. The molecule has 3 aromatic heterocycles. The van der Waals surface area contributed by atoms with Gasteiger partial charge in [0, 0.05) is 44.8 Å². The number of benzene rings is 3. The summed E-state index contributed by atoms with van der Waals surface area (Å²) in [5, 5.41) is 3.91. The number of aromatic nitrogens is 3. The zero-order valence-electron chi connectivity index (χ0n) is 19.0. The lowest BCUT2D eigenvalue weighted by atomic mass is 10.1. The van der Waals surface area contributed by atoms with E-state index in [1.165, 1.54) is 60.8 Å². The van der Waals surface area contributed by atoms with E-state index in [9.17, 15) is 0 Å². The molecule has 3 aromatic carbocycles. The Balaban J connectivity index is 1.79. The predicted molar refractivity (Wildman–Crippen MR) is 135 cm³/mol. The van der Waals surface area contributed by atoms with Gasteiger partial charge in [0.05, 0.1) is 11.0 Å². The molecule has 0 atom stereocenters. The Hall–Kier alpha value is -3.72. The molecule has 3 heteroatoms. The first-order valence-electron chi connectivity index (χ1n) is 11.3. The van der Waals surface area contributed by atoms with Crippen LogP contribution >= 0.6 is 0 Å². The molecule has 32 heavy (non-hydrogen) atoms. The van der Waals surface area contributed by atoms with Gasteiger partial charge in [-0.15, -0.1) is 0 Å². The lowest BCUT2D eigenvalue weighted by Gasteiger charge is -2.27. The van der Waals surface area contributed by atoms with E-state index in [0.29, 0.717) is 0 Å². The summed E-state index contributed by atoms with van der Waals surface area (Å²) < 4.78 is 5.05. The fourth-order valence-corrected chi connectivity index (χ4v) is 5.45. The summed E-state index contributed by atoms with van der Waals surface area (Å²) in [5.74, 6) is 0. The molecule has 3 heterocycles. The van der Waals surface area contributed by atoms with Crippen molar-refractivity contribution < 1.29 is 0 Å². The standard InChI is InChI=1S/C29H27N3/c1-18-20(3)31(27-15-9-6-11-22(18)27)29(25-17-30-26-14-8-5-13-24(25)26)32-21(4)19(2)23-12-7-10-16-28(23)32/h5-17,29-30H,1-4H3. The van der Waals surface area contributed by atoms with Crippen LogP contribution in [0.5, 0.6) is 0 Å². The number of nitrogens with one attached hydrogen (secondary N) is 1. The van der Waals surface area contributed by atoms with E-state index in [2.05, 4.69) is 121 Å². The van der Waals surface area contributed by atoms with Crippen LogP contribution in [-0.2, 0) is 0 Å². The minimum absolute atomic E-state index is 0.00310. The van der Waals surface area contributed by atoms with E-state index in [4.69, 9.17) is 0 Å². The minimum Gasteiger partial charge on any atom is -0.361 e. The Kier molecular flexibility index (Phi) is 4.09. The van der Waals surface area contributed by atoms with Crippen molar-refractivity contribution in [3.63, 3.8) is 0 Å². The van der Waals surface area contributed by atoms with Gasteiger partial charge >= 0.3 is 0 Å². The van der Waals surface area contributed by atoms with Crippen molar-refractivity contribution in [2.45, 2.75) is 33.9 Å². The molecule has 0 saturated carbocycles. The van der Waals surface area contributed by atoms with E-state index in [1.807, 2.05) is 0 Å². The monoisotopic (exact) mass is 417 g/mol. The van der Waals surface area contributed by atoms with Crippen LogP contribution in [0.25, 0.3) is 32.7 Å². The number of H-pyrrole nitrogens is 1. The van der Waals surface area contributed by atoms with Crippen LogP contribution in [0.15, 0.2) is 79.0 Å². The number of para-hydroxylation sites is 3. The van der Waals surface area contributed by atoms with Gasteiger partial charge in [-0.2, -0.15) is 0 Å². The Bertz CT molecular complexity index is 1540. The Morgan fingerprint density at radius 1 is 0.594 bits per heavy atom. The van der Waals surface area contributed by atoms with Gasteiger partial charge in [0.1, 0.15) is 6.17 Å². The van der Waals surface area contributed by atoms with Gasteiger partial charge in [0.25, 0.3) is 0 Å². The maximum absolute atomic E-state index is 3.53. The molecule has 0 bridgehead atoms. The quantitative estimate of drug-likeness (QED) is 0.310. The third-order valence-corrected chi connectivity index (χ3v) is 7.33. The Morgan fingerprint density at radius 2 is 1.06 bits per heavy atom. The molecule has 0 spiro atoms. The van der Waals surface area contributed by atoms with Crippen molar-refractivity contribution in [1.82, 2.24) is 14.1 Å². The summed E-state index contributed by atoms with van der Waals surface area (Å²) in [6, 6.07) is 26.2. The fraction of sp³-hybridized carbons (Fsp3) is 0.172. The highest BCUT2D eigenvalue weighted by molar-refractivity contribution is 5.89. The van der Waals surface area contributed by atoms with Crippen LogP contribution in [0.3, 0.4) is 0 Å². The van der Waals surface area contributed by atoms with Gasteiger partial charge in [-0.3, -0.25) is 0 Å². The van der Waals surface area contributed by atoms with Gasteiger partial charge in [0.15, 0.2) is 0 Å². The largest absolute Gasteiger partial charge is 0.361 e. The molecule has 1 N–H and O–H groups in total. The highest BCUT2D eigenvalue weighted by Crippen LogP contribution is 2.39. The summed E-state index contributed by atoms with van der Waals surface area (Å²) in [7, 11) is 0. The maximum atomic E-state index is 3.53. The number of aromatic amines is 1. The number of fused-ring (bicyclic) bond motifs is 3. The van der Waals surface area contributed by atoms with Crippen molar-refractivity contribution in [3.05, 3.63) is 107 Å².